The Labute approximate surface area is 174 Å². The number of likely N-dealkylation sites (tertiary alicyclic amines) is 1. The Morgan fingerprint density at radius 1 is 1.18 bits per heavy atom. The standard InChI is InChI=1S/C21H23ClN2O3S/c1-27-19-7-2-15(21(26)24-10-8-14(9-11-24)20(23)25)12-16(19)13-28-18-5-3-17(22)4-6-18/h2-7,12,14H,8-11,13H2,1H3,(H2,23,25). The van der Waals surface area contributed by atoms with Crippen molar-refractivity contribution < 1.29 is 14.3 Å². The van der Waals surface area contributed by atoms with Gasteiger partial charge in [0.1, 0.15) is 5.75 Å². The Morgan fingerprint density at radius 2 is 1.86 bits per heavy atom. The number of ether oxygens (including phenoxy) is 1. The molecule has 28 heavy (non-hydrogen) atoms. The largest absolute Gasteiger partial charge is 0.496 e. The zero-order valence-corrected chi connectivity index (χ0v) is 17.3. The number of nitrogens with two attached hydrogens (primary N) is 1. The average molecular weight is 419 g/mol. The Bertz CT molecular complexity index is 849. The molecular weight excluding hydrogens is 396 g/mol. The van der Waals surface area contributed by atoms with Gasteiger partial charge in [-0.2, -0.15) is 0 Å². The molecule has 1 saturated heterocycles. The van der Waals surface area contributed by atoms with Gasteiger partial charge in [0.15, 0.2) is 0 Å². The summed E-state index contributed by atoms with van der Waals surface area (Å²) >= 11 is 7.59. The number of hydrogen-bond donors (Lipinski definition) is 1. The number of nitrogens with zero attached hydrogens (tertiary/aromatic N) is 1. The van der Waals surface area contributed by atoms with Crippen molar-refractivity contribution in [3.8, 4) is 5.75 Å². The molecule has 148 valence electrons. The molecule has 5 nitrogen and oxygen atoms in total. The normalized spacial score (nSPS) is 14.7. The lowest BCUT2D eigenvalue weighted by molar-refractivity contribution is -0.123. The minimum absolute atomic E-state index is 0.0247. The third-order valence-electron chi connectivity index (χ3n) is 4.92. The number of methoxy groups -OCH3 is 1. The van der Waals surface area contributed by atoms with Crippen LogP contribution in [0, 0.1) is 5.92 Å². The fourth-order valence-corrected chi connectivity index (χ4v) is 4.27. The molecule has 0 aliphatic carbocycles. The second-order valence-electron chi connectivity index (χ2n) is 6.74. The highest BCUT2D eigenvalue weighted by Gasteiger charge is 2.26. The average Bonchev–Trinajstić information content (AvgIpc) is 2.72. The molecule has 1 heterocycles. The quantitative estimate of drug-likeness (QED) is 0.720. The van der Waals surface area contributed by atoms with Gasteiger partial charge in [0.25, 0.3) is 5.91 Å². The zero-order chi connectivity index (χ0) is 20.1. The summed E-state index contributed by atoms with van der Waals surface area (Å²) in [5.41, 5.74) is 6.96. The maximum Gasteiger partial charge on any atom is 0.253 e. The number of benzene rings is 2. The van der Waals surface area contributed by atoms with E-state index >= 15 is 0 Å². The molecule has 0 saturated carbocycles. The smallest absolute Gasteiger partial charge is 0.253 e. The van der Waals surface area contributed by atoms with Crippen LogP contribution in [0.4, 0.5) is 0 Å². The van der Waals surface area contributed by atoms with E-state index in [-0.39, 0.29) is 17.7 Å². The summed E-state index contributed by atoms with van der Waals surface area (Å²) in [6.45, 7) is 1.10. The van der Waals surface area contributed by atoms with Crippen LogP contribution in [-0.4, -0.2) is 36.9 Å². The highest BCUT2D eigenvalue weighted by Crippen LogP contribution is 2.30. The number of halogens is 1. The highest BCUT2D eigenvalue weighted by atomic mass is 35.5. The van der Waals surface area contributed by atoms with Crippen molar-refractivity contribution >= 4 is 35.2 Å². The molecule has 2 aromatic rings. The topological polar surface area (TPSA) is 72.6 Å². The van der Waals surface area contributed by atoms with Crippen LogP contribution >= 0.6 is 23.4 Å². The van der Waals surface area contributed by atoms with Gasteiger partial charge in [-0.15, -0.1) is 11.8 Å². The van der Waals surface area contributed by atoms with Crippen LogP contribution in [0.3, 0.4) is 0 Å². The van der Waals surface area contributed by atoms with Crippen LogP contribution in [0.25, 0.3) is 0 Å². The highest BCUT2D eigenvalue weighted by molar-refractivity contribution is 7.98. The summed E-state index contributed by atoms with van der Waals surface area (Å²) in [5.74, 6) is 0.994. The van der Waals surface area contributed by atoms with Gasteiger partial charge in [-0.1, -0.05) is 11.6 Å². The summed E-state index contributed by atoms with van der Waals surface area (Å²) in [5, 5.41) is 0.703. The minimum atomic E-state index is -0.280. The Kier molecular flexibility index (Phi) is 6.86. The molecule has 0 atom stereocenters. The number of piperidine rings is 1. The van der Waals surface area contributed by atoms with E-state index in [2.05, 4.69) is 0 Å². The predicted octanol–water partition coefficient (Wildman–Crippen LogP) is 3.98. The van der Waals surface area contributed by atoms with E-state index in [4.69, 9.17) is 22.1 Å². The maximum absolute atomic E-state index is 12.9. The number of carbonyl (C=O) groups is 2. The molecule has 7 heteroatoms. The summed E-state index contributed by atoms with van der Waals surface area (Å²) in [6, 6.07) is 13.2. The molecule has 1 aliphatic rings. The van der Waals surface area contributed by atoms with Crippen molar-refractivity contribution in [1.82, 2.24) is 4.90 Å². The van der Waals surface area contributed by atoms with E-state index in [1.165, 1.54) is 0 Å². The van der Waals surface area contributed by atoms with Crippen LogP contribution in [0.15, 0.2) is 47.4 Å². The molecule has 0 aromatic heterocycles. The Hall–Kier alpha value is -2.18. The second kappa shape index (κ2) is 9.34. The van der Waals surface area contributed by atoms with Gasteiger partial charge in [-0.25, -0.2) is 0 Å². The van der Waals surface area contributed by atoms with E-state index in [1.54, 1.807) is 29.8 Å². The fraction of sp³-hybridized carbons (Fsp3) is 0.333. The first-order valence-electron chi connectivity index (χ1n) is 9.12. The van der Waals surface area contributed by atoms with Crippen molar-refractivity contribution in [1.29, 1.82) is 0 Å². The number of primary amides is 1. The van der Waals surface area contributed by atoms with Gasteiger partial charge in [-0.05, 0) is 55.3 Å². The van der Waals surface area contributed by atoms with E-state index in [0.29, 0.717) is 42.3 Å². The molecule has 2 aromatic carbocycles. The molecule has 0 spiro atoms. The van der Waals surface area contributed by atoms with Gasteiger partial charge >= 0.3 is 0 Å². The van der Waals surface area contributed by atoms with Crippen molar-refractivity contribution in [3.63, 3.8) is 0 Å². The van der Waals surface area contributed by atoms with Crippen LogP contribution in [-0.2, 0) is 10.5 Å². The Balaban J connectivity index is 1.70. The van der Waals surface area contributed by atoms with Crippen LogP contribution in [0.1, 0.15) is 28.8 Å². The van der Waals surface area contributed by atoms with Gasteiger partial charge in [0.05, 0.1) is 7.11 Å². The van der Waals surface area contributed by atoms with Crippen LogP contribution < -0.4 is 10.5 Å². The predicted molar refractivity (Wildman–Crippen MR) is 112 cm³/mol. The number of rotatable bonds is 6. The first kappa shape index (κ1) is 20.6. The molecule has 0 radical (unpaired) electrons. The summed E-state index contributed by atoms with van der Waals surface area (Å²) in [4.78, 5) is 27.1. The van der Waals surface area contributed by atoms with E-state index < -0.39 is 0 Å². The van der Waals surface area contributed by atoms with Crippen LogP contribution in [0.2, 0.25) is 5.02 Å². The van der Waals surface area contributed by atoms with E-state index in [9.17, 15) is 9.59 Å². The molecule has 0 bridgehead atoms. The van der Waals surface area contributed by atoms with Gasteiger partial charge in [0, 0.05) is 45.8 Å². The first-order chi connectivity index (χ1) is 13.5. The summed E-state index contributed by atoms with van der Waals surface area (Å²) in [7, 11) is 1.63. The molecule has 0 unspecified atom stereocenters. The van der Waals surface area contributed by atoms with Crippen molar-refractivity contribution in [2.24, 2.45) is 11.7 Å². The Morgan fingerprint density at radius 3 is 2.46 bits per heavy atom. The third kappa shape index (κ3) is 5.00. The third-order valence-corrected chi connectivity index (χ3v) is 6.23. The number of amides is 2. The molecule has 2 amide bonds. The number of thioether (sulfide) groups is 1. The lowest BCUT2D eigenvalue weighted by atomic mass is 9.95. The summed E-state index contributed by atoms with van der Waals surface area (Å²) < 4.78 is 5.46. The molecular formula is C21H23ClN2O3S. The van der Waals surface area contributed by atoms with Crippen molar-refractivity contribution in [3.05, 3.63) is 58.6 Å². The van der Waals surface area contributed by atoms with Crippen molar-refractivity contribution in [2.45, 2.75) is 23.5 Å². The SMILES string of the molecule is COc1ccc(C(=O)N2CCC(C(N)=O)CC2)cc1CSc1ccc(Cl)cc1. The lowest BCUT2D eigenvalue weighted by Crippen LogP contribution is -2.41. The molecule has 1 fully saturated rings. The van der Waals surface area contributed by atoms with Crippen molar-refractivity contribution in [2.75, 3.05) is 20.2 Å². The molecule has 1 aliphatic heterocycles. The monoisotopic (exact) mass is 418 g/mol. The van der Waals surface area contributed by atoms with E-state index in [0.717, 1.165) is 16.2 Å². The minimum Gasteiger partial charge on any atom is -0.496 e. The van der Waals surface area contributed by atoms with Gasteiger partial charge in [0.2, 0.25) is 5.91 Å². The van der Waals surface area contributed by atoms with Gasteiger partial charge in [-0.3, -0.25) is 9.59 Å². The molecule has 2 N–H and O–H groups in total. The maximum atomic E-state index is 12.9. The fourth-order valence-electron chi connectivity index (χ4n) is 3.27. The van der Waals surface area contributed by atoms with Gasteiger partial charge < -0.3 is 15.4 Å². The molecule has 3 rings (SSSR count). The second-order valence-corrected chi connectivity index (χ2v) is 8.22. The lowest BCUT2D eigenvalue weighted by Gasteiger charge is -2.30. The zero-order valence-electron chi connectivity index (χ0n) is 15.7. The van der Waals surface area contributed by atoms with Crippen LogP contribution in [0.5, 0.6) is 5.75 Å². The summed E-state index contributed by atoms with van der Waals surface area (Å²) in [6.07, 6.45) is 1.24. The van der Waals surface area contributed by atoms with E-state index in [1.807, 2.05) is 36.4 Å². The number of carbonyl (C=O) groups excluding carboxylic acids is 2. The number of hydrogen-bond acceptors (Lipinski definition) is 4. The first-order valence-corrected chi connectivity index (χ1v) is 10.5.